The Balaban J connectivity index is 1.73. The molecule has 3 rings (SSSR count). The first-order valence-corrected chi connectivity index (χ1v) is 8.02. The third kappa shape index (κ3) is 2.13. The van der Waals surface area contributed by atoms with Crippen LogP contribution in [0.4, 0.5) is 0 Å². The number of hydrogen-bond donors (Lipinski definition) is 0. The Bertz CT molecular complexity index is 435. The van der Waals surface area contributed by atoms with Crippen molar-refractivity contribution in [3.8, 4) is 6.07 Å². The van der Waals surface area contributed by atoms with Gasteiger partial charge in [0.2, 0.25) is 5.91 Å². The van der Waals surface area contributed by atoms with E-state index in [1.54, 1.807) is 0 Å². The molecule has 1 amide bonds. The van der Waals surface area contributed by atoms with Crippen molar-refractivity contribution in [2.45, 2.75) is 58.0 Å². The van der Waals surface area contributed by atoms with Gasteiger partial charge in [-0.25, -0.2) is 0 Å². The zero-order valence-corrected chi connectivity index (χ0v) is 12.6. The summed E-state index contributed by atoms with van der Waals surface area (Å²) in [6.45, 7) is 7.25. The third-order valence-electron chi connectivity index (χ3n) is 5.47. The number of nitrogens with zero attached hydrogens (tertiary/aromatic N) is 3. The molecule has 0 N–H and O–H groups in total. The van der Waals surface area contributed by atoms with Crippen LogP contribution in [-0.4, -0.2) is 47.4 Å². The van der Waals surface area contributed by atoms with Crippen molar-refractivity contribution in [1.29, 1.82) is 5.26 Å². The van der Waals surface area contributed by atoms with Crippen molar-refractivity contribution in [2.75, 3.05) is 19.6 Å². The molecule has 0 radical (unpaired) electrons. The Labute approximate surface area is 121 Å². The SMILES string of the molecule is CC1CC(C#N)(C(=O)N2CC3CCCCN3CC2C)C1. The van der Waals surface area contributed by atoms with Gasteiger partial charge in [0.1, 0.15) is 5.41 Å². The number of amides is 1. The second-order valence-electron chi connectivity index (χ2n) is 7.16. The Hall–Kier alpha value is -1.08. The number of fused-ring (bicyclic) bond motifs is 1. The molecule has 4 nitrogen and oxygen atoms in total. The van der Waals surface area contributed by atoms with E-state index >= 15 is 0 Å². The molecule has 0 aromatic carbocycles. The molecule has 2 heterocycles. The summed E-state index contributed by atoms with van der Waals surface area (Å²) in [4.78, 5) is 17.4. The highest BCUT2D eigenvalue weighted by Gasteiger charge is 2.52. The molecular formula is C16H25N3O. The van der Waals surface area contributed by atoms with Gasteiger partial charge in [0.25, 0.3) is 0 Å². The van der Waals surface area contributed by atoms with Gasteiger partial charge in [-0.1, -0.05) is 13.3 Å². The average Bonchev–Trinajstić information content (AvgIpc) is 2.42. The fourth-order valence-electron chi connectivity index (χ4n) is 4.35. The maximum atomic E-state index is 12.8. The molecule has 0 aromatic rings. The van der Waals surface area contributed by atoms with Crippen molar-refractivity contribution in [3.05, 3.63) is 0 Å². The molecule has 110 valence electrons. The molecule has 2 saturated heterocycles. The molecule has 0 spiro atoms. The number of nitriles is 1. The lowest BCUT2D eigenvalue weighted by Crippen LogP contribution is -2.63. The van der Waals surface area contributed by atoms with E-state index in [0.29, 0.717) is 12.0 Å². The third-order valence-corrected chi connectivity index (χ3v) is 5.47. The molecule has 2 aliphatic heterocycles. The number of rotatable bonds is 1. The highest BCUT2D eigenvalue weighted by atomic mass is 16.2. The average molecular weight is 275 g/mol. The maximum absolute atomic E-state index is 12.8. The standard InChI is InChI=1S/C16H25N3O/c1-12-7-16(8-12,11-17)15(20)19-10-14-5-3-4-6-18(14)9-13(19)2/h12-14H,3-10H2,1-2H3. The first-order chi connectivity index (χ1) is 9.55. The van der Waals surface area contributed by atoms with Gasteiger partial charge in [-0.3, -0.25) is 9.69 Å². The Morgan fingerprint density at radius 1 is 1.25 bits per heavy atom. The number of hydrogen-bond acceptors (Lipinski definition) is 3. The minimum atomic E-state index is -0.704. The van der Waals surface area contributed by atoms with Crippen LogP contribution in [0.25, 0.3) is 0 Å². The van der Waals surface area contributed by atoms with Crippen LogP contribution in [0.15, 0.2) is 0 Å². The number of carbonyl (C=O) groups excluding carboxylic acids is 1. The summed E-state index contributed by atoms with van der Waals surface area (Å²) in [5.41, 5.74) is -0.704. The molecule has 20 heavy (non-hydrogen) atoms. The molecule has 2 atom stereocenters. The van der Waals surface area contributed by atoms with Crippen LogP contribution in [0.2, 0.25) is 0 Å². The predicted octanol–water partition coefficient (Wildman–Crippen LogP) is 2.01. The summed E-state index contributed by atoms with van der Waals surface area (Å²) >= 11 is 0. The second-order valence-corrected chi connectivity index (χ2v) is 7.16. The summed E-state index contributed by atoms with van der Waals surface area (Å²) in [5, 5.41) is 9.47. The smallest absolute Gasteiger partial charge is 0.243 e. The molecule has 3 fully saturated rings. The van der Waals surface area contributed by atoms with Gasteiger partial charge in [0, 0.05) is 25.2 Å². The van der Waals surface area contributed by atoms with Crippen LogP contribution in [-0.2, 0) is 4.79 Å². The van der Waals surface area contributed by atoms with Gasteiger partial charge < -0.3 is 4.90 Å². The highest BCUT2D eigenvalue weighted by molar-refractivity contribution is 5.87. The van der Waals surface area contributed by atoms with Gasteiger partial charge in [0.15, 0.2) is 0 Å². The molecule has 3 aliphatic rings. The summed E-state index contributed by atoms with van der Waals surface area (Å²) in [6, 6.07) is 3.10. The predicted molar refractivity (Wildman–Crippen MR) is 76.8 cm³/mol. The monoisotopic (exact) mass is 275 g/mol. The first kappa shape index (κ1) is 13.9. The summed E-state index contributed by atoms with van der Waals surface area (Å²) in [6.07, 6.45) is 5.27. The van der Waals surface area contributed by atoms with Crippen LogP contribution in [0.3, 0.4) is 0 Å². The Kier molecular flexibility index (Phi) is 3.50. The fraction of sp³-hybridized carbons (Fsp3) is 0.875. The van der Waals surface area contributed by atoms with Crippen molar-refractivity contribution in [3.63, 3.8) is 0 Å². The number of carbonyl (C=O) groups is 1. The molecule has 2 unspecified atom stereocenters. The Morgan fingerprint density at radius 2 is 2.00 bits per heavy atom. The first-order valence-electron chi connectivity index (χ1n) is 8.02. The summed E-state index contributed by atoms with van der Waals surface area (Å²) < 4.78 is 0. The largest absolute Gasteiger partial charge is 0.336 e. The summed E-state index contributed by atoms with van der Waals surface area (Å²) in [5.74, 6) is 0.626. The fourth-order valence-corrected chi connectivity index (χ4v) is 4.35. The second kappa shape index (κ2) is 5.04. The van der Waals surface area contributed by atoms with Crippen LogP contribution >= 0.6 is 0 Å². The van der Waals surface area contributed by atoms with Gasteiger partial charge in [-0.05, 0) is 45.1 Å². The minimum absolute atomic E-state index is 0.107. The van der Waals surface area contributed by atoms with Gasteiger partial charge in [-0.2, -0.15) is 5.26 Å². The van der Waals surface area contributed by atoms with E-state index in [9.17, 15) is 10.1 Å². The van der Waals surface area contributed by atoms with E-state index in [1.807, 2.05) is 4.90 Å². The van der Waals surface area contributed by atoms with Crippen LogP contribution in [0.5, 0.6) is 0 Å². The van der Waals surface area contributed by atoms with Crippen LogP contribution < -0.4 is 0 Å². The lowest BCUT2D eigenvalue weighted by molar-refractivity contribution is -0.152. The van der Waals surface area contributed by atoms with E-state index < -0.39 is 5.41 Å². The van der Waals surface area contributed by atoms with Crippen molar-refractivity contribution in [1.82, 2.24) is 9.80 Å². The topological polar surface area (TPSA) is 47.3 Å². The quantitative estimate of drug-likeness (QED) is 0.735. The van der Waals surface area contributed by atoms with Gasteiger partial charge in [0.05, 0.1) is 6.07 Å². The zero-order valence-electron chi connectivity index (χ0n) is 12.6. The molecule has 1 saturated carbocycles. The van der Waals surface area contributed by atoms with E-state index in [2.05, 4.69) is 24.8 Å². The van der Waals surface area contributed by atoms with E-state index in [-0.39, 0.29) is 11.9 Å². The lowest BCUT2D eigenvalue weighted by atomic mass is 9.62. The normalized spacial score (nSPS) is 41.5. The minimum Gasteiger partial charge on any atom is -0.336 e. The molecular weight excluding hydrogens is 250 g/mol. The van der Waals surface area contributed by atoms with Crippen molar-refractivity contribution in [2.24, 2.45) is 11.3 Å². The molecule has 0 aromatic heterocycles. The van der Waals surface area contributed by atoms with Gasteiger partial charge >= 0.3 is 0 Å². The van der Waals surface area contributed by atoms with Crippen LogP contribution in [0.1, 0.15) is 46.0 Å². The molecule has 4 heteroatoms. The van der Waals surface area contributed by atoms with Crippen molar-refractivity contribution < 1.29 is 4.79 Å². The van der Waals surface area contributed by atoms with Gasteiger partial charge in [-0.15, -0.1) is 0 Å². The lowest BCUT2D eigenvalue weighted by Gasteiger charge is -2.51. The van der Waals surface area contributed by atoms with Crippen LogP contribution in [0, 0.1) is 22.7 Å². The Morgan fingerprint density at radius 3 is 2.65 bits per heavy atom. The summed E-state index contributed by atoms with van der Waals surface area (Å²) in [7, 11) is 0. The molecule has 0 bridgehead atoms. The van der Waals surface area contributed by atoms with E-state index in [1.165, 1.54) is 25.8 Å². The molecule has 1 aliphatic carbocycles. The number of piperidine rings is 1. The zero-order chi connectivity index (χ0) is 14.3. The number of piperazine rings is 1. The maximum Gasteiger partial charge on any atom is 0.243 e. The van der Waals surface area contributed by atoms with E-state index in [0.717, 1.165) is 25.9 Å². The van der Waals surface area contributed by atoms with E-state index in [4.69, 9.17) is 0 Å². The highest BCUT2D eigenvalue weighted by Crippen LogP contribution is 2.47. The van der Waals surface area contributed by atoms with Crippen molar-refractivity contribution >= 4 is 5.91 Å².